The summed E-state index contributed by atoms with van der Waals surface area (Å²) >= 11 is 0. The smallest absolute Gasteiger partial charge is 0.302 e. The summed E-state index contributed by atoms with van der Waals surface area (Å²) in [6.45, 7) is 5.58. The minimum Gasteiger partial charge on any atom is -0.870 e. The molecule has 0 aliphatic rings. The Morgan fingerprint density at radius 2 is 1.67 bits per heavy atom. The number of ether oxygens (including phenoxy) is 1. The van der Waals surface area contributed by atoms with Crippen molar-refractivity contribution in [2.45, 2.75) is 20.8 Å². The third-order valence-electron chi connectivity index (χ3n) is 0.348. The van der Waals surface area contributed by atoms with Crippen molar-refractivity contribution in [3.8, 4) is 0 Å². The molecule has 0 radical (unpaired) electrons. The van der Waals surface area contributed by atoms with Crippen LogP contribution in [0.4, 0.5) is 0 Å². The van der Waals surface area contributed by atoms with Gasteiger partial charge in [-0.1, -0.05) is 0 Å². The summed E-state index contributed by atoms with van der Waals surface area (Å²) in [4.78, 5) is 9.82. The van der Waals surface area contributed by atoms with Crippen LogP contribution in [0.5, 0.6) is 0 Å². The average Bonchev–Trinajstić information content (AvgIpc) is 1.67. The van der Waals surface area contributed by atoms with Crippen LogP contribution in [0.25, 0.3) is 0 Å². The molecule has 0 atom stereocenters. The van der Waals surface area contributed by atoms with Gasteiger partial charge in [0.15, 0.2) is 0 Å². The van der Waals surface area contributed by atoms with E-state index in [1.54, 1.807) is 13.8 Å². The van der Waals surface area contributed by atoms with Gasteiger partial charge in [-0.3, -0.25) is 4.79 Å². The molecule has 0 rings (SSSR count). The molecule has 0 saturated heterocycles. The highest BCUT2D eigenvalue weighted by atomic mass is 16.5. The number of aliphatic hydroxyl groups excluding tert-OH is 1. The number of hydrogen-bond donors (Lipinski definition) is 2. The lowest BCUT2D eigenvalue weighted by Gasteiger charge is -1.89. The van der Waals surface area contributed by atoms with Crippen molar-refractivity contribution >= 4 is 5.97 Å². The molecule has 0 fully saturated rings. The van der Waals surface area contributed by atoms with E-state index in [1.165, 1.54) is 6.92 Å². The van der Waals surface area contributed by atoms with Crippen molar-refractivity contribution < 1.29 is 25.6 Å². The van der Waals surface area contributed by atoms with E-state index in [2.05, 4.69) is 4.74 Å². The second-order valence-electron chi connectivity index (χ2n) is 1.24. The fourth-order valence-corrected chi connectivity index (χ4v) is 0.203. The van der Waals surface area contributed by atoms with Gasteiger partial charge in [-0.2, -0.15) is 0 Å². The van der Waals surface area contributed by atoms with E-state index in [0.29, 0.717) is 6.61 Å². The zero-order valence-corrected chi connectivity index (χ0v) is 8.13. The van der Waals surface area contributed by atoms with Crippen molar-refractivity contribution in [3.63, 3.8) is 0 Å². The summed E-state index contributed by atoms with van der Waals surface area (Å²) in [7, 11) is 0. The molecule has 0 aliphatic carbocycles. The molecule has 0 spiro atoms. The first-order chi connectivity index (χ1) is 4.18. The molecule has 8 N–H and O–H groups in total. The number of hydrogen-bond acceptors (Lipinski definition) is 4. The van der Waals surface area contributed by atoms with E-state index in [1.807, 2.05) is 0 Å². The maximum atomic E-state index is 9.82. The van der Waals surface area contributed by atoms with E-state index < -0.39 is 0 Å². The summed E-state index contributed by atoms with van der Waals surface area (Å²) in [5, 5.41) is 7.57. The standard InChI is InChI=1S/C4H8O2.C2H6O.H3N.2H2O/c1-3-6-4(2)5;1-2-3;;;/h3H2,1-2H3;3H,2H2,1H3;1H3;2*1H2. The van der Waals surface area contributed by atoms with Crippen molar-refractivity contribution in [1.29, 1.82) is 0 Å². The van der Waals surface area contributed by atoms with Crippen LogP contribution < -0.4 is 6.15 Å². The van der Waals surface area contributed by atoms with E-state index in [4.69, 9.17) is 5.11 Å². The number of carbonyl (C=O) groups excluding carboxylic acids is 1. The highest BCUT2D eigenvalue weighted by molar-refractivity contribution is 5.65. The number of aliphatic hydroxyl groups is 1. The average molecular weight is 187 g/mol. The molecule has 0 aliphatic heterocycles. The monoisotopic (exact) mass is 187 g/mol. The first kappa shape index (κ1) is 30.2. The predicted octanol–water partition coefficient (Wildman–Crippen LogP) is -0.0573. The highest BCUT2D eigenvalue weighted by Gasteiger charge is 1.81. The van der Waals surface area contributed by atoms with Crippen LogP contribution in [0, 0.1) is 0 Å². The van der Waals surface area contributed by atoms with Crippen LogP contribution in [-0.2, 0) is 9.53 Å². The number of rotatable bonds is 1. The van der Waals surface area contributed by atoms with Crippen LogP contribution in [0.3, 0.4) is 0 Å². The molecule has 0 unspecified atom stereocenters. The molecule has 0 heterocycles. The van der Waals surface area contributed by atoms with Gasteiger partial charge in [0.1, 0.15) is 0 Å². The lowest BCUT2D eigenvalue weighted by atomic mass is 10.8. The SMILES string of the molecule is CCO.CCOC(C)=O.O.[NH4+].[OH-]. The molecule has 6 heteroatoms. The van der Waals surface area contributed by atoms with Gasteiger partial charge in [0.05, 0.1) is 6.61 Å². The quantitative estimate of drug-likeness (QED) is 0.554. The normalized spacial score (nSPS) is 5.33. The summed E-state index contributed by atoms with van der Waals surface area (Å²) in [5.41, 5.74) is 0. The molecule has 0 aromatic rings. The van der Waals surface area contributed by atoms with Gasteiger partial charge in [0.2, 0.25) is 0 Å². The van der Waals surface area contributed by atoms with Gasteiger partial charge >= 0.3 is 5.97 Å². The topological polar surface area (TPSA) is 145 Å². The maximum Gasteiger partial charge on any atom is 0.302 e. The summed E-state index contributed by atoms with van der Waals surface area (Å²) < 4.78 is 4.40. The minimum absolute atomic E-state index is 0. The maximum absolute atomic E-state index is 9.82. The zero-order chi connectivity index (χ0) is 7.70. The van der Waals surface area contributed by atoms with Gasteiger partial charge in [-0.05, 0) is 13.8 Å². The second kappa shape index (κ2) is 31.7. The molecule has 0 bridgehead atoms. The molecule has 80 valence electrons. The Hall–Kier alpha value is -0.690. The molecule has 6 nitrogen and oxygen atoms in total. The minimum atomic E-state index is -0.211. The lowest BCUT2D eigenvalue weighted by molar-refractivity contribution is -0.140. The van der Waals surface area contributed by atoms with Gasteiger partial charge in [-0.25, -0.2) is 0 Å². The van der Waals surface area contributed by atoms with Crippen LogP contribution in [0.2, 0.25) is 0 Å². The summed E-state index contributed by atoms with van der Waals surface area (Å²) in [5.74, 6) is -0.211. The van der Waals surface area contributed by atoms with Gasteiger partial charge in [0, 0.05) is 13.5 Å². The molecule has 0 aromatic carbocycles. The number of esters is 1. The molecule has 12 heavy (non-hydrogen) atoms. The van der Waals surface area contributed by atoms with Crippen LogP contribution in [-0.4, -0.2) is 35.2 Å². The van der Waals surface area contributed by atoms with E-state index in [9.17, 15) is 4.79 Å². The Kier molecular flexibility index (Phi) is 79.7. The van der Waals surface area contributed by atoms with Gasteiger partial charge < -0.3 is 26.9 Å². The van der Waals surface area contributed by atoms with Crippen LogP contribution in [0.15, 0.2) is 0 Å². The molecule has 0 amide bonds. The van der Waals surface area contributed by atoms with E-state index in [0.717, 1.165) is 0 Å². The van der Waals surface area contributed by atoms with Gasteiger partial charge in [0.25, 0.3) is 0 Å². The first-order valence-electron chi connectivity index (χ1n) is 2.93. The molecule has 0 saturated carbocycles. The Morgan fingerprint density at radius 3 is 1.67 bits per heavy atom. The summed E-state index contributed by atoms with van der Waals surface area (Å²) in [6.07, 6.45) is 0. The highest BCUT2D eigenvalue weighted by Crippen LogP contribution is 1.69. The Balaban J connectivity index is -0.0000000246. The second-order valence-corrected chi connectivity index (χ2v) is 1.24. The zero-order valence-electron chi connectivity index (χ0n) is 8.13. The van der Waals surface area contributed by atoms with Gasteiger partial charge in [-0.15, -0.1) is 0 Å². The predicted molar refractivity (Wildman–Crippen MR) is 46.6 cm³/mol. The Morgan fingerprint density at radius 1 is 1.42 bits per heavy atom. The Labute approximate surface area is 72.7 Å². The number of quaternary nitrogens is 1. The summed E-state index contributed by atoms with van der Waals surface area (Å²) in [6, 6.07) is 0. The third-order valence-corrected chi connectivity index (χ3v) is 0.348. The fourth-order valence-electron chi connectivity index (χ4n) is 0.203. The van der Waals surface area contributed by atoms with E-state index >= 15 is 0 Å². The molecular weight excluding hydrogens is 166 g/mol. The number of carbonyl (C=O) groups is 1. The van der Waals surface area contributed by atoms with Crippen LogP contribution >= 0.6 is 0 Å². The van der Waals surface area contributed by atoms with Crippen molar-refractivity contribution in [2.75, 3.05) is 13.2 Å². The van der Waals surface area contributed by atoms with Crippen molar-refractivity contribution in [2.24, 2.45) is 0 Å². The van der Waals surface area contributed by atoms with Crippen molar-refractivity contribution in [3.05, 3.63) is 0 Å². The molecular formula is C6H21NO5. The van der Waals surface area contributed by atoms with Crippen LogP contribution in [0.1, 0.15) is 20.8 Å². The molecule has 0 aromatic heterocycles. The fraction of sp³-hybridized carbons (Fsp3) is 0.833. The largest absolute Gasteiger partial charge is 0.870 e. The third kappa shape index (κ3) is 120. The lowest BCUT2D eigenvalue weighted by Crippen LogP contribution is -1.95. The first-order valence-corrected chi connectivity index (χ1v) is 2.93. The van der Waals surface area contributed by atoms with Crippen molar-refractivity contribution in [1.82, 2.24) is 6.15 Å². The Bertz CT molecular complexity index is 69.0. The van der Waals surface area contributed by atoms with E-state index in [-0.39, 0.29) is 29.7 Å².